The van der Waals surface area contributed by atoms with Crippen LogP contribution in [0.25, 0.3) is 0 Å². The molecule has 0 saturated carbocycles. The molecule has 2 nitrogen and oxygen atoms in total. The number of nitrogens with one attached hydrogen (secondary N) is 1. The van der Waals surface area contributed by atoms with Crippen LogP contribution in [-0.2, 0) is 0 Å². The Kier molecular flexibility index (Phi) is 5.30. The van der Waals surface area contributed by atoms with Crippen molar-refractivity contribution in [2.45, 2.75) is 19.8 Å². The lowest BCUT2D eigenvalue weighted by atomic mass is 10.3. The van der Waals surface area contributed by atoms with E-state index in [1.54, 1.807) is 0 Å². The van der Waals surface area contributed by atoms with Gasteiger partial charge in [-0.15, -0.1) is 0 Å². The number of hydrogen-bond acceptors (Lipinski definition) is 1. The van der Waals surface area contributed by atoms with E-state index in [9.17, 15) is 0 Å². The summed E-state index contributed by atoms with van der Waals surface area (Å²) < 4.78 is 0. The molecule has 0 atom stereocenters. The first kappa shape index (κ1) is 9.69. The van der Waals surface area contributed by atoms with Gasteiger partial charge in [-0.1, -0.05) is 13.3 Å². The summed E-state index contributed by atoms with van der Waals surface area (Å²) in [6, 6.07) is 0. The number of rotatable bonds is 3. The van der Waals surface area contributed by atoms with E-state index in [2.05, 4.69) is 12.2 Å². The second kappa shape index (κ2) is 5.47. The summed E-state index contributed by atoms with van der Waals surface area (Å²) >= 11 is 5.01. The summed E-state index contributed by atoms with van der Waals surface area (Å²) in [6.45, 7) is 3.16. The molecule has 0 radical (unpaired) electrons. The van der Waals surface area contributed by atoms with Gasteiger partial charge in [-0.3, -0.25) is 0 Å². The highest BCUT2D eigenvalue weighted by Crippen LogP contribution is 1.84. The van der Waals surface area contributed by atoms with Gasteiger partial charge in [0.15, 0.2) is 5.11 Å². The highest BCUT2D eigenvalue weighted by Gasteiger charge is 1.94. The van der Waals surface area contributed by atoms with Crippen LogP contribution in [0.4, 0.5) is 0 Å². The molecule has 3 heteroatoms. The number of hydrogen-bond donors (Lipinski definition) is 1. The third-order valence-electron chi connectivity index (χ3n) is 1.21. The summed E-state index contributed by atoms with van der Waals surface area (Å²) in [7, 11) is 3.89. The fraction of sp³-hybridized carbons (Fsp3) is 0.857. The van der Waals surface area contributed by atoms with Crippen molar-refractivity contribution < 1.29 is 1.43 Å². The van der Waals surface area contributed by atoms with Crippen LogP contribution in [0, 0.1) is 0 Å². The van der Waals surface area contributed by atoms with Crippen LogP contribution in [-0.4, -0.2) is 30.7 Å². The van der Waals surface area contributed by atoms with Crippen molar-refractivity contribution in [3.8, 4) is 0 Å². The first-order valence-electron chi connectivity index (χ1n) is 3.63. The molecule has 0 unspecified atom stereocenters. The van der Waals surface area contributed by atoms with Crippen LogP contribution in [0.2, 0.25) is 0 Å². The SMILES string of the molecule is CCCCNC(=S)N(C)C.[HH]. The fourth-order valence-corrected chi connectivity index (χ4v) is 0.632. The second-order valence-corrected chi connectivity index (χ2v) is 2.87. The van der Waals surface area contributed by atoms with Crippen LogP contribution in [0.3, 0.4) is 0 Å². The monoisotopic (exact) mass is 162 g/mol. The summed E-state index contributed by atoms with van der Waals surface area (Å²) in [4.78, 5) is 1.91. The van der Waals surface area contributed by atoms with Gasteiger partial charge in [0.25, 0.3) is 0 Å². The van der Waals surface area contributed by atoms with Crippen molar-refractivity contribution in [1.29, 1.82) is 0 Å². The molecule has 0 amide bonds. The Morgan fingerprint density at radius 3 is 2.60 bits per heavy atom. The largest absolute Gasteiger partial charge is 0.363 e. The van der Waals surface area contributed by atoms with Crippen molar-refractivity contribution >= 4 is 17.3 Å². The van der Waals surface area contributed by atoms with E-state index in [0.29, 0.717) is 0 Å². The number of nitrogens with zero attached hydrogens (tertiary/aromatic N) is 1. The predicted octanol–water partition coefficient (Wildman–Crippen LogP) is 1.47. The molecule has 10 heavy (non-hydrogen) atoms. The zero-order chi connectivity index (χ0) is 7.98. The Bertz CT molecular complexity index is 107. The van der Waals surface area contributed by atoms with Crippen LogP contribution in [0.1, 0.15) is 21.2 Å². The fourth-order valence-electron chi connectivity index (χ4n) is 0.530. The lowest BCUT2D eigenvalue weighted by Crippen LogP contribution is -2.34. The van der Waals surface area contributed by atoms with Crippen LogP contribution >= 0.6 is 12.2 Å². The van der Waals surface area contributed by atoms with Crippen molar-refractivity contribution in [1.82, 2.24) is 10.2 Å². The van der Waals surface area contributed by atoms with Crippen molar-refractivity contribution in [3.05, 3.63) is 0 Å². The summed E-state index contributed by atoms with van der Waals surface area (Å²) in [5, 5.41) is 3.97. The standard InChI is InChI=1S/C7H16N2S.H2/c1-4-5-6-8-7(10)9(2)3;/h4-6H2,1-3H3,(H,8,10);1H. The van der Waals surface area contributed by atoms with E-state index in [1.165, 1.54) is 12.8 Å². The zero-order valence-electron chi connectivity index (χ0n) is 6.98. The molecule has 0 aliphatic heterocycles. The average molecular weight is 162 g/mol. The molecule has 0 rings (SSSR count). The van der Waals surface area contributed by atoms with Crippen LogP contribution in [0.15, 0.2) is 0 Å². The molecule has 0 saturated heterocycles. The third-order valence-corrected chi connectivity index (χ3v) is 1.72. The highest BCUT2D eigenvalue weighted by atomic mass is 32.1. The predicted molar refractivity (Wildman–Crippen MR) is 51.3 cm³/mol. The maximum Gasteiger partial charge on any atom is 0.168 e. The van der Waals surface area contributed by atoms with E-state index in [-0.39, 0.29) is 1.43 Å². The van der Waals surface area contributed by atoms with Gasteiger partial charge < -0.3 is 10.2 Å². The minimum atomic E-state index is 0. The number of unbranched alkanes of at least 4 members (excludes halogenated alkanes) is 1. The molecule has 0 aliphatic rings. The topological polar surface area (TPSA) is 15.3 Å². The molecule has 0 spiro atoms. The van der Waals surface area contributed by atoms with Gasteiger partial charge in [0.05, 0.1) is 0 Å². The molecular formula is C7H18N2S. The average Bonchev–Trinajstić information content (AvgIpc) is 1.88. The zero-order valence-corrected chi connectivity index (χ0v) is 7.79. The first-order valence-corrected chi connectivity index (χ1v) is 4.04. The minimum absolute atomic E-state index is 0. The molecule has 0 bridgehead atoms. The summed E-state index contributed by atoms with van der Waals surface area (Å²) in [6.07, 6.45) is 2.40. The Hall–Kier alpha value is -0.310. The van der Waals surface area contributed by atoms with Crippen LogP contribution in [0.5, 0.6) is 0 Å². The normalized spacial score (nSPS) is 9.10. The van der Waals surface area contributed by atoms with Gasteiger partial charge in [0, 0.05) is 22.1 Å². The van der Waals surface area contributed by atoms with Gasteiger partial charge in [-0.2, -0.15) is 0 Å². The molecular weight excluding hydrogens is 144 g/mol. The molecule has 62 valence electrons. The molecule has 1 N–H and O–H groups in total. The quantitative estimate of drug-likeness (QED) is 0.500. The second-order valence-electron chi connectivity index (χ2n) is 2.48. The van der Waals surface area contributed by atoms with Crippen LogP contribution < -0.4 is 5.32 Å². The Labute approximate surface area is 70.1 Å². The van der Waals surface area contributed by atoms with Gasteiger partial charge >= 0.3 is 0 Å². The van der Waals surface area contributed by atoms with E-state index in [0.717, 1.165) is 11.7 Å². The van der Waals surface area contributed by atoms with Crippen molar-refractivity contribution in [3.63, 3.8) is 0 Å². The molecule has 0 aromatic heterocycles. The lowest BCUT2D eigenvalue weighted by molar-refractivity contribution is 0.594. The van der Waals surface area contributed by atoms with Gasteiger partial charge in [-0.05, 0) is 18.6 Å². The van der Waals surface area contributed by atoms with Crippen molar-refractivity contribution in [2.24, 2.45) is 0 Å². The molecule has 0 fully saturated rings. The van der Waals surface area contributed by atoms with E-state index < -0.39 is 0 Å². The molecule has 0 aromatic carbocycles. The Balaban J connectivity index is 0. The Morgan fingerprint density at radius 2 is 2.20 bits per heavy atom. The molecule has 0 heterocycles. The first-order chi connectivity index (χ1) is 4.68. The maximum atomic E-state index is 5.01. The van der Waals surface area contributed by atoms with Gasteiger partial charge in [-0.25, -0.2) is 0 Å². The van der Waals surface area contributed by atoms with E-state index in [4.69, 9.17) is 12.2 Å². The number of thiocarbonyl (C=S) groups is 1. The highest BCUT2D eigenvalue weighted by molar-refractivity contribution is 7.80. The Morgan fingerprint density at radius 1 is 1.60 bits per heavy atom. The lowest BCUT2D eigenvalue weighted by Gasteiger charge is -2.14. The van der Waals surface area contributed by atoms with E-state index in [1.807, 2.05) is 19.0 Å². The smallest absolute Gasteiger partial charge is 0.168 e. The summed E-state index contributed by atoms with van der Waals surface area (Å²) in [5.74, 6) is 0. The van der Waals surface area contributed by atoms with Crippen molar-refractivity contribution in [2.75, 3.05) is 20.6 Å². The summed E-state index contributed by atoms with van der Waals surface area (Å²) in [5.41, 5.74) is 0. The van der Waals surface area contributed by atoms with E-state index >= 15 is 0 Å². The molecule has 0 aromatic rings. The van der Waals surface area contributed by atoms with Gasteiger partial charge in [0.1, 0.15) is 0 Å². The third kappa shape index (κ3) is 4.56. The van der Waals surface area contributed by atoms with Gasteiger partial charge in [0.2, 0.25) is 0 Å². The minimum Gasteiger partial charge on any atom is -0.363 e. The maximum absolute atomic E-state index is 5.01. The molecule has 0 aliphatic carbocycles.